The van der Waals surface area contributed by atoms with E-state index in [-0.39, 0.29) is 16.6 Å². The molecule has 0 unspecified atom stereocenters. The molecule has 3 rings (SSSR count). The topological polar surface area (TPSA) is 88.8 Å². The first kappa shape index (κ1) is 17.5. The van der Waals surface area contributed by atoms with Crippen molar-refractivity contribution in [2.45, 2.75) is 24.2 Å². The number of methoxy groups -OCH3 is 1. The fraction of sp³-hybridized carbons (Fsp3) is 0.353. The molecule has 25 heavy (non-hydrogen) atoms. The molecule has 1 aliphatic heterocycles. The highest BCUT2D eigenvalue weighted by atomic mass is 32.2. The first-order valence-electron chi connectivity index (χ1n) is 8.04. The van der Waals surface area contributed by atoms with Gasteiger partial charge in [-0.05, 0) is 37.1 Å². The van der Waals surface area contributed by atoms with Gasteiger partial charge in [0.1, 0.15) is 16.9 Å². The quantitative estimate of drug-likeness (QED) is 0.881. The normalized spacial score (nSPS) is 15.7. The molecule has 1 amide bonds. The Morgan fingerprint density at radius 1 is 1.20 bits per heavy atom. The molecule has 0 atom stereocenters. The minimum Gasteiger partial charge on any atom is -0.495 e. The number of carbonyl (C=O) groups is 1. The lowest BCUT2D eigenvalue weighted by Gasteiger charge is -2.26. The molecule has 1 aliphatic rings. The maximum Gasteiger partial charge on any atom is 0.258 e. The Hall–Kier alpha value is -2.32. The number of piperidine rings is 1. The summed E-state index contributed by atoms with van der Waals surface area (Å²) in [4.78, 5) is 12.2. The number of furan rings is 1. The van der Waals surface area contributed by atoms with Gasteiger partial charge >= 0.3 is 0 Å². The van der Waals surface area contributed by atoms with E-state index in [1.165, 1.54) is 36.1 Å². The van der Waals surface area contributed by atoms with E-state index in [2.05, 4.69) is 5.32 Å². The molecule has 1 saturated heterocycles. The minimum atomic E-state index is -3.68. The summed E-state index contributed by atoms with van der Waals surface area (Å²) in [6.07, 6.45) is 5.44. The molecule has 2 heterocycles. The minimum absolute atomic E-state index is 0.0573. The lowest BCUT2D eigenvalue weighted by Crippen LogP contribution is -2.35. The van der Waals surface area contributed by atoms with Crippen molar-refractivity contribution in [3.05, 3.63) is 42.4 Å². The van der Waals surface area contributed by atoms with E-state index in [4.69, 9.17) is 9.15 Å². The molecule has 1 aromatic heterocycles. The van der Waals surface area contributed by atoms with Crippen molar-refractivity contribution in [2.75, 3.05) is 25.5 Å². The Morgan fingerprint density at radius 3 is 2.60 bits per heavy atom. The van der Waals surface area contributed by atoms with Gasteiger partial charge in [-0.25, -0.2) is 8.42 Å². The van der Waals surface area contributed by atoms with Crippen molar-refractivity contribution in [1.82, 2.24) is 4.31 Å². The fourth-order valence-corrected chi connectivity index (χ4v) is 4.50. The van der Waals surface area contributed by atoms with Crippen LogP contribution < -0.4 is 10.1 Å². The molecule has 0 radical (unpaired) electrons. The zero-order chi connectivity index (χ0) is 17.9. The highest BCUT2D eigenvalue weighted by Gasteiger charge is 2.29. The predicted octanol–water partition coefficient (Wildman–Crippen LogP) is 2.72. The SMILES string of the molecule is COc1ccc(NC(=O)c2ccoc2)cc1S(=O)(=O)N1CCCCC1. The number of rotatable bonds is 5. The summed E-state index contributed by atoms with van der Waals surface area (Å²) >= 11 is 0. The second-order valence-electron chi connectivity index (χ2n) is 5.80. The number of hydrogen-bond donors (Lipinski definition) is 1. The lowest BCUT2D eigenvalue weighted by molar-refractivity contribution is 0.102. The summed E-state index contributed by atoms with van der Waals surface area (Å²) < 4.78 is 37.5. The standard InChI is InChI=1S/C17H20N2O5S/c1-23-15-6-5-14(18-17(20)13-7-10-24-12-13)11-16(15)25(21,22)19-8-3-2-4-9-19/h5-7,10-12H,2-4,8-9H2,1H3,(H,18,20). The Bertz CT molecular complexity index is 840. The second-order valence-corrected chi connectivity index (χ2v) is 7.70. The van der Waals surface area contributed by atoms with E-state index in [9.17, 15) is 13.2 Å². The molecular weight excluding hydrogens is 344 g/mol. The number of benzene rings is 1. The number of amides is 1. The predicted molar refractivity (Wildman–Crippen MR) is 92.3 cm³/mol. The van der Waals surface area contributed by atoms with Crippen LogP contribution in [0.3, 0.4) is 0 Å². The number of anilines is 1. The summed E-state index contributed by atoms with van der Waals surface area (Å²) in [6.45, 7) is 0.994. The van der Waals surface area contributed by atoms with Crippen molar-refractivity contribution in [3.63, 3.8) is 0 Å². The fourth-order valence-electron chi connectivity index (χ4n) is 2.80. The monoisotopic (exact) mass is 364 g/mol. The highest BCUT2D eigenvalue weighted by molar-refractivity contribution is 7.89. The van der Waals surface area contributed by atoms with Gasteiger partial charge in [0, 0.05) is 18.8 Å². The van der Waals surface area contributed by atoms with Crippen LogP contribution in [-0.2, 0) is 10.0 Å². The van der Waals surface area contributed by atoms with Gasteiger partial charge in [-0.2, -0.15) is 4.31 Å². The molecule has 8 heteroatoms. The van der Waals surface area contributed by atoms with Crippen LogP contribution in [0.4, 0.5) is 5.69 Å². The van der Waals surface area contributed by atoms with Gasteiger partial charge in [0.05, 0.1) is 18.9 Å². The third-order valence-corrected chi connectivity index (χ3v) is 6.06. The van der Waals surface area contributed by atoms with Gasteiger partial charge in [-0.15, -0.1) is 0 Å². The number of ether oxygens (including phenoxy) is 1. The van der Waals surface area contributed by atoms with Gasteiger partial charge in [-0.1, -0.05) is 6.42 Å². The number of nitrogens with one attached hydrogen (secondary N) is 1. The van der Waals surface area contributed by atoms with Crippen LogP contribution in [0.5, 0.6) is 5.75 Å². The summed E-state index contributed by atoms with van der Waals surface area (Å²) in [7, 11) is -2.25. The molecular formula is C17H20N2O5S. The van der Waals surface area contributed by atoms with Crippen LogP contribution in [0, 0.1) is 0 Å². The maximum atomic E-state index is 13.0. The smallest absolute Gasteiger partial charge is 0.258 e. The zero-order valence-electron chi connectivity index (χ0n) is 13.9. The van der Waals surface area contributed by atoms with Gasteiger partial charge in [0.15, 0.2) is 0 Å². The van der Waals surface area contributed by atoms with E-state index < -0.39 is 10.0 Å². The average molecular weight is 364 g/mol. The molecule has 134 valence electrons. The molecule has 2 aromatic rings. The first-order valence-corrected chi connectivity index (χ1v) is 9.48. The molecule has 1 aromatic carbocycles. The Balaban J connectivity index is 1.91. The van der Waals surface area contributed by atoms with E-state index in [0.717, 1.165) is 19.3 Å². The average Bonchev–Trinajstić information content (AvgIpc) is 3.17. The van der Waals surface area contributed by atoms with Gasteiger partial charge < -0.3 is 14.5 Å². The van der Waals surface area contributed by atoms with Crippen molar-refractivity contribution in [3.8, 4) is 5.75 Å². The van der Waals surface area contributed by atoms with E-state index in [0.29, 0.717) is 24.3 Å². The van der Waals surface area contributed by atoms with Crippen molar-refractivity contribution in [2.24, 2.45) is 0 Å². The molecule has 0 aliphatic carbocycles. The van der Waals surface area contributed by atoms with Crippen molar-refractivity contribution >= 4 is 21.6 Å². The molecule has 1 fully saturated rings. The molecule has 0 saturated carbocycles. The van der Waals surface area contributed by atoms with Gasteiger partial charge in [-0.3, -0.25) is 4.79 Å². The summed E-state index contributed by atoms with van der Waals surface area (Å²) in [5.74, 6) is -0.118. The second kappa shape index (κ2) is 7.28. The van der Waals surface area contributed by atoms with E-state index in [1.54, 1.807) is 12.1 Å². The molecule has 0 spiro atoms. The van der Waals surface area contributed by atoms with Crippen LogP contribution in [-0.4, -0.2) is 38.8 Å². The molecule has 0 bridgehead atoms. The Morgan fingerprint density at radius 2 is 1.96 bits per heavy atom. The van der Waals surface area contributed by atoms with E-state index >= 15 is 0 Å². The van der Waals surface area contributed by atoms with Crippen LogP contribution in [0.25, 0.3) is 0 Å². The number of carbonyl (C=O) groups excluding carboxylic acids is 1. The Labute approximate surface area is 146 Å². The third kappa shape index (κ3) is 3.69. The van der Waals surface area contributed by atoms with E-state index in [1.807, 2.05) is 0 Å². The maximum absolute atomic E-state index is 13.0. The van der Waals surface area contributed by atoms with Crippen molar-refractivity contribution in [1.29, 1.82) is 0 Å². The van der Waals surface area contributed by atoms with Crippen LogP contribution in [0.15, 0.2) is 46.1 Å². The number of nitrogens with zero attached hydrogens (tertiary/aromatic N) is 1. The van der Waals surface area contributed by atoms with Crippen LogP contribution >= 0.6 is 0 Å². The summed E-state index contributed by atoms with van der Waals surface area (Å²) in [5.41, 5.74) is 0.735. The number of sulfonamides is 1. The zero-order valence-corrected chi connectivity index (χ0v) is 14.7. The largest absolute Gasteiger partial charge is 0.495 e. The van der Waals surface area contributed by atoms with Crippen LogP contribution in [0.1, 0.15) is 29.6 Å². The lowest BCUT2D eigenvalue weighted by atomic mass is 10.2. The third-order valence-electron chi connectivity index (χ3n) is 4.14. The summed E-state index contributed by atoms with van der Waals surface area (Å²) in [6, 6.07) is 6.11. The summed E-state index contributed by atoms with van der Waals surface area (Å²) in [5, 5.41) is 2.67. The highest BCUT2D eigenvalue weighted by Crippen LogP contribution is 2.31. The van der Waals surface area contributed by atoms with Crippen LogP contribution in [0.2, 0.25) is 0 Å². The first-order chi connectivity index (χ1) is 12.0. The van der Waals surface area contributed by atoms with Crippen molar-refractivity contribution < 1.29 is 22.4 Å². The Kier molecular flexibility index (Phi) is 5.10. The van der Waals surface area contributed by atoms with Gasteiger partial charge in [0.25, 0.3) is 5.91 Å². The molecule has 7 nitrogen and oxygen atoms in total. The molecule has 1 N–H and O–H groups in total. The number of hydrogen-bond acceptors (Lipinski definition) is 5. The van der Waals surface area contributed by atoms with Gasteiger partial charge in [0.2, 0.25) is 10.0 Å².